The maximum atomic E-state index is 12.5. The molecule has 19 heavy (non-hydrogen) atoms. The predicted molar refractivity (Wildman–Crippen MR) is 71.9 cm³/mol. The molecule has 0 aliphatic carbocycles. The number of nitrogens with zero attached hydrogens (tertiary/aromatic N) is 2. The van der Waals surface area contributed by atoms with Crippen LogP contribution in [0.1, 0.15) is 41.4 Å². The number of benzene rings is 1. The van der Waals surface area contributed by atoms with Gasteiger partial charge in [0.25, 0.3) is 5.91 Å². The molecule has 1 aliphatic heterocycles. The van der Waals surface area contributed by atoms with Gasteiger partial charge in [-0.05, 0) is 32.4 Å². The van der Waals surface area contributed by atoms with Gasteiger partial charge in [-0.15, -0.1) is 0 Å². The Morgan fingerprint density at radius 1 is 1.53 bits per heavy atom. The number of fused-ring (bicyclic) bond motifs is 1. The van der Waals surface area contributed by atoms with Crippen LogP contribution < -0.4 is 0 Å². The summed E-state index contributed by atoms with van der Waals surface area (Å²) in [4.78, 5) is 14.0. The van der Waals surface area contributed by atoms with Crippen molar-refractivity contribution in [3.63, 3.8) is 0 Å². The molecule has 0 spiro atoms. The predicted octanol–water partition coefficient (Wildman–Crippen LogP) is 2.44. The zero-order chi connectivity index (χ0) is 14.4. The number of carbonyl (C=O) groups excluding carboxylic acids is 1. The van der Waals surface area contributed by atoms with E-state index in [1.54, 1.807) is 32.9 Å². The topological polar surface area (TPSA) is 64.3 Å². The normalized spacial score (nSPS) is 18.4. The fraction of sp³-hybridized carbons (Fsp3) is 0.429. The highest BCUT2D eigenvalue weighted by Crippen LogP contribution is 2.41. The number of aliphatic hydroxyl groups is 1. The fourth-order valence-corrected chi connectivity index (χ4v) is 2.58. The molecule has 0 fully saturated rings. The molecule has 1 aromatic rings. The Hall–Kier alpha value is -1.57. The van der Waals surface area contributed by atoms with Crippen molar-refractivity contribution in [1.82, 2.24) is 4.90 Å². The molecular weight excluding hydrogens is 264 g/mol. The third-order valence-corrected chi connectivity index (χ3v) is 3.99. The van der Waals surface area contributed by atoms with Gasteiger partial charge in [-0.2, -0.15) is 5.26 Å². The monoisotopic (exact) mass is 278 g/mol. The molecule has 1 N–H and O–H groups in total. The van der Waals surface area contributed by atoms with Crippen molar-refractivity contribution < 1.29 is 9.90 Å². The molecule has 2 rings (SSSR count). The van der Waals surface area contributed by atoms with Crippen molar-refractivity contribution in [1.29, 1.82) is 5.26 Å². The number of halogens is 1. The molecule has 0 saturated heterocycles. The summed E-state index contributed by atoms with van der Waals surface area (Å²) >= 11 is 6.04. The van der Waals surface area contributed by atoms with Crippen LogP contribution in [-0.4, -0.2) is 28.1 Å². The lowest BCUT2D eigenvalue weighted by atomic mass is 10.00. The lowest BCUT2D eigenvalue weighted by Crippen LogP contribution is -2.48. The Balaban J connectivity index is 2.65. The maximum absolute atomic E-state index is 12.5. The van der Waals surface area contributed by atoms with E-state index in [0.717, 1.165) is 0 Å². The minimum Gasteiger partial charge on any atom is -0.394 e. The summed E-state index contributed by atoms with van der Waals surface area (Å²) in [5, 5.41) is 19.3. The van der Waals surface area contributed by atoms with E-state index in [9.17, 15) is 15.2 Å². The van der Waals surface area contributed by atoms with E-state index in [0.29, 0.717) is 21.7 Å². The van der Waals surface area contributed by atoms with Gasteiger partial charge >= 0.3 is 0 Å². The number of hydrogen-bond donors (Lipinski definition) is 1. The van der Waals surface area contributed by atoms with Crippen molar-refractivity contribution in [3.8, 4) is 6.07 Å². The van der Waals surface area contributed by atoms with E-state index in [2.05, 4.69) is 6.07 Å². The van der Waals surface area contributed by atoms with Crippen LogP contribution in [0.3, 0.4) is 0 Å². The molecule has 100 valence electrons. The second-order valence-corrected chi connectivity index (χ2v) is 5.72. The lowest BCUT2D eigenvalue weighted by molar-refractivity contribution is 0.0337. The highest BCUT2D eigenvalue weighted by molar-refractivity contribution is 6.32. The highest BCUT2D eigenvalue weighted by Gasteiger charge is 2.45. The number of nitriles is 1. The van der Waals surface area contributed by atoms with E-state index in [1.807, 2.05) is 0 Å². The van der Waals surface area contributed by atoms with Crippen LogP contribution in [0.25, 0.3) is 0 Å². The van der Waals surface area contributed by atoms with Crippen LogP contribution in [0.4, 0.5) is 0 Å². The second kappa shape index (κ2) is 4.52. The zero-order valence-corrected chi connectivity index (χ0v) is 11.8. The summed E-state index contributed by atoms with van der Waals surface area (Å²) in [6.07, 6.45) is 0. The third kappa shape index (κ3) is 1.90. The van der Waals surface area contributed by atoms with E-state index in [1.165, 1.54) is 4.90 Å². The lowest BCUT2D eigenvalue weighted by Gasteiger charge is -2.36. The van der Waals surface area contributed by atoms with Gasteiger partial charge in [0, 0.05) is 10.6 Å². The molecule has 1 heterocycles. The second-order valence-electron chi connectivity index (χ2n) is 5.31. The van der Waals surface area contributed by atoms with Crippen molar-refractivity contribution in [3.05, 3.63) is 33.8 Å². The fourth-order valence-electron chi connectivity index (χ4n) is 2.42. The van der Waals surface area contributed by atoms with Crippen LogP contribution in [0.2, 0.25) is 5.02 Å². The summed E-state index contributed by atoms with van der Waals surface area (Å²) in [7, 11) is 0. The largest absolute Gasteiger partial charge is 0.394 e. The zero-order valence-electron chi connectivity index (χ0n) is 11.1. The SMILES string of the molecule is Cc1c(Cl)ccc2c1C(=O)N(C(C)(C)CO)C2C#N. The minimum absolute atomic E-state index is 0.211. The first-order valence-corrected chi connectivity index (χ1v) is 6.36. The molecule has 1 unspecified atom stereocenters. The van der Waals surface area contributed by atoms with Gasteiger partial charge in [-0.1, -0.05) is 17.7 Å². The van der Waals surface area contributed by atoms with Gasteiger partial charge in [-0.3, -0.25) is 4.79 Å². The van der Waals surface area contributed by atoms with Gasteiger partial charge in [0.1, 0.15) is 6.04 Å². The van der Waals surface area contributed by atoms with Gasteiger partial charge < -0.3 is 10.0 Å². The molecule has 1 aliphatic rings. The first-order chi connectivity index (χ1) is 8.85. The van der Waals surface area contributed by atoms with Crippen LogP contribution in [0.15, 0.2) is 12.1 Å². The summed E-state index contributed by atoms with van der Waals surface area (Å²) in [5.74, 6) is -0.249. The number of hydrogen-bond acceptors (Lipinski definition) is 3. The van der Waals surface area contributed by atoms with Crippen molar-refractivity contribution in [2.75, 3.05) is 6.61 Å². The van der Waals surface area contributed by atoms with E-state index >= 15 is 0 Å². The Morgan fingerprint density at radius 3 is 2.68 bits per heavy atom. The Bertz CT molecular complexity index is 590. The minimum atomic E-state index is -0.796. The summed E-state index contributed by atoms with van der Waals surface area (Å²) in [6.45, 7) is 5.02. The summed E-state index contributed by atoms with van der Waals surface area (Å²) in [5.41, 5.74) is 1.03. The van der Waals surface area contributed by atoms with Gasteiger partial charge in [0.2, 0.25) is 0 Å². The average Bonchev–Trinajstić information content (AvgIpc) is 2.67. The number of aliphatic hydroxyl groups excluding tert-OH is 1. The first kappa shape index (κ1) is 13.9. The molecule has 0 saturated carbocycles. The van der Waals surface area contributed by atoms with Gasteiger partial charge in [0.15, 0.2) is 0 Å². The molecule has 0 aromatic heterocycles. The maximum Gasteiger partial charge on any atom is 0.256 e. The summed E-state index contributed by atoms with van der Waals surface area (Å²) in [6, 6.07) is 4.87. The van der Waals surface area contributed by atoms with Gasteiger partial charge in [-0.25, -0.2) is 0 Å². The van der Waals surface area contributed by atoms with E-state index in [4.69, 9.17) is 11.6 Å². The number of rotatable bonds is 2. The molecule has 0 radical (unpaired) electrons. The smallest absolute Gasteiger partial charge is 0.256 e. The van der Waals surface area contributed by atoms with Crippen molar-refractivity contribution in [2.24, 2.45) is 0 Å². The van der Waals surface area contributed by atoms with E-state index < -0.39 is 11.6 Å². The Kier molecular flexibility index (Phi) is 3.29. The van der Waals surface area contributed by atoms with Crippen LogP contribution >= 0.6 is 11.6 Å². The highest BCUT2D eigenvalue weighted by atomic mass is 35.5. The standard InChI is InChI=1S/C14H15ClN2O2/c1-8-10(15)5-4-9-11(6-16)17(13(19)12(8)9)14(2,3)7-18/h4-5,11,18H,7H2,1-3H3. The molecule has 4 nitrogen and oxygen atoms in total. The molecule has 1 aromatic carbocycles. The molecule has 5 heteroatoms. The first-order valence-electron chi connectivity index (χ1n) is 5.98. The Labute approximate surface area is 117 Å². The molecule has 0 bridgehead atoms. The van der Waals surface area contributed by atoms with Crippen molar-refractivity contribution in [2.45, 2.75) is 32.4 Å². The molecular formula is C14H15ClN2O2. The average molecular weight is 279 g/mol. The van der Waals surface area contributed by atoms with Crippen molar-refractivity contribution >= 4 is 17.5 Å². The van der Waals surface area contributed by atoms with E-state index in [-0.39, 0.29) is 12.5 Å². The van der Waals surface area contributed by atoms with Gasteiger partial charge in [0.05, 0.1) is 23.8 Å². The number of amides is 1. The summed E-state index contributed by atoms with van der Waals surface area (Å²) < 4.78 is 0. The number of carbonyl (C=O) groups is 1. The quantitative estimate of drug-likeness (QED) is 0.904. The third-order valence-electron chi connectivity index (χ3n) is 3.58. The van der Waals surface area contributed by atoms with Crippen LogP contribution in [-0.2, 0) is 0 Å². The van der Waals surface area contributed by atoms with Crippen LogP contribution in [0, 0.1) is 18.3 Å². The molecule has 1 amide bonds. The molecule has 1 atom stereocenters. The Morgan fingerprint density at radius 2 is 2.16 bits per heavy atom. The van der Waals surface area contributed by atoms with Crippen LogP contribution in [0.5, 0.6) is 0 Å².